The maximum atomic E-state index is 13.9. The third-order valence-corrected chi connectivity index (χ3v) is 5.14. The molecule has 0 aliphatic carbocycles. The highest BCUT2D eigenvalue weighted by atomic mass is 19.4. The number of carbonyl (C=O) groups is 1. The summed E-state index contributed by atoms with van der Waals surface area (Å²) in [5.74, 6) is -2.20. The Morgan fingerprint density at radius 3 is 1.88 bits per heavy atom. The van der Waals surface area contributed by atoms with Crippen LogP contribution in [0.5, 0.6) is 0 Å². The molecule has 0 saturated heterocycles. The van der Waals surface area contributed by atoms with Gasteiger partial charge in [0, 0.05) is 0 Å². The summed E-state index contributed by atoms with van der Waals surface area (Å²) in [6.45, 7) is 3.99. The van der Waals surface area contributed by atoms with Crippen LogP contribution in [-0.2, 0) is 16.6 Å². The second-order valence-corrected chi connectivity index (χ2v) is 9.09. The first kappa shape index (κ1) is 34.5. The molecule has 1 atom stereocenters. The maximum absolute atomic E-state index is 13.9. The van der Waals surface area contributed by atoms with Crippen LogP contribution < -0.4 is 10.6 Å². The fraction of sp³-hybridized carbons (Fsp3) is 0.321. The Kier molecular flexibility index (Phi) is 12.7. The van der Waals surface area contributed by atoms with Gasteiger partial charge >= 0.3 is 12.4 Å². The van der Waals surface area contributed by atoms with Gasteiger partial charge in [-0.2, -0.15) is 26.3 Å². The molecule has 0 aliphatic rings. The van der Waals surface area contributed by atoms with Gasteiger partial charge < -0.3 is 15.7 Å². The molecule has 0 unspecified atom stereocenters. The SMILES string of the molecule is CC(C)(O)c1cc(F)cc([C@H](NC=O)c2ccc(F)c(C(F)(F)F)c2)c1.CNCC(F)(F)F.Cc1ccccc1. The van der Waals surface area contributed by atoms with Gasteiger partial charge in [0.05, 0.1) is 23.8 Å². The summed E-state index contributed by atoms with van der Waals surface area (Å²) in [4.78, 5) is 10.9. The molecule has 3 aromatic rings. The molecule has 0 fully saturated rings. The first-order valence-corrected chi connectivity index (χ1v) is 11.7. The Hall–Kier alpha value is -3.51. The number of benzene rings is 3. The molecular formula is C28H30F8N2O2. The summed E-state index contributed by atoms with van der Waals surface area (Å²) >= 11 is 0. The van der Waals surface area contributed by atoms with Gasteiger partial charge in [0.2, 0.25) is 6.41 Å². The number of hydrogen-bond donors (Lipinski definition) is 3. The molecule has 3 rings (SSSR count). The monoisotopic (exact) mass is 578 g/mol. The van der Waals surface area contributed by atoms with Crippen molar-refractivity contribution < 1.29 is 45.0 Å². The highest BCUT2D eigenvalue weighted by molar-refractivity contribution is 5.51. The van der Waals surface area contributed by atoms with Crippen LogP contribution >= 0.6 is 0 Å². The molecule has 4 nitrogen and oxygen atoms in total. The average molecular weight is 579 g/mol. The Morgan fingerprint density at radius 2 is 1.48 bits per heavy atom. The molecule has 0 spiro atoms. The van der Waals surface area contributed by atoms with Crippen molar-refractivity contribution in [1.29, 1.82) is 0 Å². The summed E-state index contributed by atoms with van der Waals surface area (Å²) in [6, 6.07) is 14.8. The number of rotatable bonds is 6. The number of aryl methyl sites for hydroxylation is 1. The lowest BCUT2D eigenvalue weighted by Crippen LogP contribution is -2.25. The third kappa shape index (κ3) is 12.1. The summed E-state index contributed by atoms with van der Waals surface area (Å²) < 4.78 is 99.2. The number of hydrogen-bond acceptors (Lipinski definition) is 3. The fourth-order valence-electron chi connectivity index (χ4n) is 3.26. The molecule has 220 valence electrons. The lowest BCUT2D eigenvalue weighted by atomic mass is 9.91. The van der Waals surface area contributed by atoms with Crippen molar-refractivity contribution in [3.8, 4) is 0 Å². The van der Waals surface area contributed by atoms with Crippen molar-refractivity contribution in [3.63, 3.8) is 0 Å². The summed E-state index contributed by atoms with van der Waals surface area (Å²) in [5.41, 5.74) is -1.40. The predicted molar refractivity (Wildman–Crippen MR) is 135 cm³/mol. The number of amides is 1. The predicted octanol–water partition coefficient (Wildman–Crippen LogP) is 6.81. The molecule has 12 heteroatoms. The smallest absolute Gasteiger partial charge is 0.386 e. The number of aliphatic hydroxyl groups is 1. The number of halogens is 8. The second-order valence-electron chi connectivity index (χ2n) is 9.09. The highest BCUT2D eigenvalue weighted by Crippen LogP contribution is 2.35. The van der Waals surface area contributed by atoms with E-state index in [9.17, 15) is 45.0 Å². The van der Waals surface area contributed by atoms with Crippen molar-refractivity contribution in [2.24, 2.45) is 0 Å². The first-order valence-electron chi connectivity index (χ1n) is 11.7. The Balaban J connectivity index is 0.000000465. The largest absolute Gasteiger partial charge is 0.419 e. The molecule has 3 N–H and O–H groups in total. The van der Waals surface area contributed by atoms with Gasteiger partial charge in [-0.1, -0.05) is 48.0 Å². The van der Waals surface area contributed by atoms with E-state index in [1.54, 1.807) is 0 Å². The number of nitrogens with one attached hydrogen (secondary N) is 2. The van der Waals surface area contributed by atoms with E-state index in [1.807, 2.05) is 23.5 Å². The van der Waals surface area contributed by atoms with Crippen LogP contribution in [0.1, 0.15) is 47.7 Å². The lowest BCUT2D eigenvalue weighted by Gasteiger charge is -2.23. The van der Waals surface area contributed by atoms with Crippen LogP contribution in [0.25, 0.3) is 0 Å². The van der Waals surface area contributed by atoms with Crippen molar-refractivity contribution in [1.82, 2.24) is 10.6 Å². The first-order chi connectivity index (χ1) is 18.4. The molecule has 0 radical (unpaired) electrons. The maximum Gasteiger partial charge on any atom is 0.419 e. The van der Waals surface area contributed by atoms with E-state index in [2.05, 4.69) is 24.4 Å². The highest BCUT2D eigenvalue weighted by Gasteiger charge is 2.35. The molecule has 0 saturated carbocycles. The van der Waals surface area contributed by atoms with Crippen LogP contribution in [-0.4, -0.2) is 31.3 Å². The molecule has 0 aromatic heterocycles. The van der Waals surface area contributed by atoms with Gasteiger partial charge in [0.1, 0.15) is 11.6 Å². The van der Waals surface area contributed by atoms with Crippen molar-refractivity contribution in [3.05, 3.63) is 106 Å². The van der Waals surface area contributed by atoms with E-state index in [-0.39, 0.29) is 23.1 Å². The molecular weight excluding hydrogens is 548 g/mol. The van der Waals surface area contributed by atoms with E-state index >= 15 is 0 Å². The number of alkyl halides is 6. The molecule has 1 amide bonds. The van der Waals surface area contributed by atoms with Gasteiger partial charge in [-0.25, -0.2) is 8.78 Å². The average Bonchev–Trinajstić information content (AvgIpc) is 2.82. The van der Waals surface area contributed by atoms with Gasteiger partial charge in [-0.3, -0.25) is 4.79 Å². The third-order valence-electron chi connectivity index (χ3n) is 5.14. The summed E-state index contributed by atoms with van der Waals surface area (Å²) in [7, 11) is 1.26. The van der Waals surface area contributed by atoms with E-state index in [0.717, 1.165) is 18.2 Å². The van der Waals surface area contributed by atoms with E-state index in [4.69, 9.17) is 0 Å². The van der Waals surface area contributed by atoms with Crippen molar-refractivity contribution in [2.45, 2.75) is 44.8 Å². The minimum absolute atomic E-state index is 0.0851. The molecule has 0 bridgehead atoms. The molecule has 0 aliphatic heterocycles. The summed E-state index contributed by atoms with van der Waals surface area (Å²) in [5, 5.41) is 14.3. The van der Waals surface area contributed by atoms with Crippen LogP contribution in [0.15, 0.2) is 66.7 Å². The minimum Gasteiger partial charge on any atom is -0.386 e. The Morgan fingerprint density at radius 1 is 0.875 bits per heavy atom. The van der Waals surface area contributed by atoms with Crippen LogP contribution in [0.4, 0.5) is 35.1 Å². The minimum atomic E-state index is -4.92. The quantitative estimate of drug-likeness (QED) is 0.223. The van der Waals surface area contributed by atoms with Gasteiger partial charge in [0.25, 0.3) is 0 Å². The van der Waals surface area contributed by atoms with Gasteiger partial charge in [-0.15, -0.1) is 0 Å². The van der Waals surface area contributed by atoms with Crippen LogP contribution in [0, 0.1) is 18.6 Å². The topological polar surface area (TPSA) is 61.4 Å². The van der Waals surface area contributed by atoms with Crippen molar-refractivity contribution in [2.75, 3.05) is 13.6 Å². The second kappa shape index (κ2) is 14.8. The van der Waals surface area contributed by atoms with E-state index < -0.39 is 47.7 Å². The van der Waals surface area contributed by atoms with Gasteiger partial charge in [0.15, 0.2) is 0 Å². The zero-order chi connectivity index (χ0) is 30.7. The fourth-order valence-corrected chi connectivity index (χ4v) is 3.26. The lowest BCUT2D eigenvalue weighted by molar-refractivity contribution is -0.140. The van der Waals surface area contributed by atoms with Gasteiger partial charge in [-0.05, 0) is 68.8 Å². The van der Waals surface area contributed by atoms with E-state index in [0.29, 0.717) is 12.1 Å². The normalized spacial score (nSPS) is 12.3. The Bertz CT molecular complexity index is 1210. The zero-order valence-corrected chi connectivity index (χ0v) is 22.1. The summed E-state index contributed by atoms with van der Waals surface area (Å²) in [6.07, 6.45) is -8.74. The zero-order valence-electron chi connectivity index (χ0n) is 22.1. The Labute approximate surface area is 227 Å². The van der Waals surface area contributed by atoms with Crippen LogP contribution in [0.3, 0.4) is 0 Å². The molecule has 40 heavy (non-hydrogen) atoms. The van der Waals surface area contributed by atoms with Crippen molar-refractivity contribution >= 4 is 6.41 Å². The van der Waals surface area contributed by atoms with Crippen LogP contribution in [0.2, 0.25) is 0 Å². The molecule has 0 heterocycles. The standard InChI is InChI=1S/C18H16F5NO2.C7H8.C3H6F3N/c1-17(2,26)12-5-11(6-13(19)8-12)16(24-9-25)10-3-4-15(20)14(7-10)18(21,22)23;1-7-5-3-2-4-6-7;1-7-2-3(4,5)6/h3-9,16,26H,1-2H3,(H,24,25);2-6H,1H3;7H,2H2,1H3/t16-;;/m1../s1. The van der Waals surface area contributed by atoms with E-state index in [1.165, 1.54) is 32.5 Å². The number of carbonyl (C=O) groups excluding carboxylic acids is 1. The molecule has 3 aromatic carbocycles.